The molecule has 0 spiro atoms. The molecule has 0 aliphatic heterocycles. The van der Waals surface area contributed by atoms with Crippen LogP contribution in [0.1, 0.15) is 22.3 Å². The van der Waals surface area contributed by atoms with Gasteiger partial charge in [-0.1, -0.05) is 72.8 Å². The Balaban J connectivity index is 2.01. The minimum atomic E-state index is 0.769. The Morgan fingerprint density at radius 2 is 1.67 bits per heavy atom. The van der Waals surface area contributed by atoms with Crippen molar-refractivity contribution in [3.05, 3.63) is 94.6 Å². The van der Waals surface area contributed by atoms with Crippen molar-refractivity contribution in [2.45, 2.75) is 13.3 Å². The first-order chi connectivity index (χ1) is 11.8. The highest BCUT2D eigenvalue weighted by atomic mass is 16.1. The highest BCUT2D eigenvalue weighted by Gasteiger charge is 2.17. The van der Waals surface area contributed by atoms with Gasteiger partial charge in [-0.2, -0.15) is 0 Å². The highest BCUT2D eigenvalue weighted by Crippen LogP contribution is 2.35. The fourth-order valence-electron chi connectivity index (χ4n) is 3.55. The third-order valence-corrected chi connectivity index (χ3v) is 4.78. The van der Waals surface area contributed by atoms with Crippen LogP contribution in [-0.2, 0) is 11.2 Å². The predicted octanol–water partition coefficient (Wildman–Crippen LogP) is 5.37. The third-order valence-electron chi connectivity index (χ3n) is 4.78. The van der Waals surface area contributed by atoms with Crippen LogP contribution in [0.5, 0.6) is 0 Å². The Labute approximate surface area is 142 Å². The van der Waals surface area contributed by atoms with Crippen LogP contribution in [0.25, 0.3) is 22.4 Å². The normalized spacial score (nSPS) is 13.7. The van der Waals surface area contributed by atoms with Gasteiger partial charge in [0.2, 0.25) is 0 Å². The van der Waals surface area contributed by atoms with E-state index in [-0.39, 0.29) is 0 Å². The fraction of sp³-hybridized carbons (Fsp3) is 0.0870. The molecule has 0 unspecified atom stereocenters. The molecule has 24 heavy (non-hydrogen) atoms. The van der Waals surface area contributed by atoms with Gasteiger partial charge in [0.15, 0.2) is 0 Å². The van der Waals surface area contributed by atoms with Gasteiger partial charge in [0.25, 0.3) is 0 Å². The van der Waals surface area contributed by atoms with E-state index in [2.05, 4.69) is 61.5 Å². The number of aryl methyl sites for hydroxylation is 1. The van der Waals surface area contributed by atoms with Crippen molar-refractivity contribution in [3.8, 4) is 0 Å². The van der Waals surface area contributed by atoms with Crippen LogP contribution in [0, 0.1) is 6.92 Å². The fourth-order valence-corrected chi connectivity index (χ4v) is 3.55. The lowest BCUT2D eigenvalue weighted by Crippen LogP contribution is -1.99. The summed E-state index contributed by atoms with van der Waals surface area (Å²) in [6.45, 7) is 2.12. The summed E-state index contributed by atoms with van der Waals surface area (Å²) < 4.78 is 0. The monoisotopic (exact) mass is 310 g/mol. The Bertz CT molecular complexity index is 1010. The highest BCUT2D eigenvalue weighted by molar-refractivity contribution is 6.02. The predicted molar refractivity (Wildman–Crippen MR) is 101 cm³/mol. The second-order valence-corrected chi connectivity index (χ2v) is 6.24. The van der Waals surface area contributed by atoms with Crippen molar-refractivity contribution in [2.75, 3.05) is 0 Å². The van der Waals surface area contributed by atoms with Gasteiger partial charge in [0.1, 0.15) is 6.29 Å². The molecule has 1 aliphatic rings. The molecule has 0 atom stereocenters. The van der Waals surface area contributed by atoms with Crippen molar-refractivity contribution in [3.63, 3.8) is 0 Å². The van der Waals surface area contributed by atoms with Crippen molar-refractivity contribution in [2.24, 2.45) is 0 Å². The minimum Gasteiger partial charge on any atom is -0.298 e. The molecule has 0 fully saturated rings. The number of rotatable bonds is 2. The number of hydrogen-bond donors (Lipinski definition) is 0. The largest absolute Gasteiger partial charge is 0.298 e. The summed E-state index contributed by atoms with van der Waals surface area (Å²) in [6.07, 6.45) is 5.76. The standard InChI is InChI=1S/C23H18O/c1-16-10-11-18-7-4-5-9-21(18)23(16)22-14-19-8-3-2-6-17(19)12-13-20(22)15-24/h2-13,15H,14H2,1H3. The van der Waals surface area contributed by atoms with E-state index in [0.717, 1.165) is 23.9 Å². The summed E-state index contributed by atoms with van der Waals surface area (Å²) in [4.78, 5) is 11.8. The van der Waals surface area contributed by atoms with Gasteiger partial charge < -0.3 is 0 Å². The summed E-state index contributed by atoms with van der Waals surface area (Å²) >= 11 is 0. The number of fused-ring (bicyclic) bond motifs is 2. The molecule has 1 aliphatic carbocycles. The number of allylic oxidation sites excluding steroid dienone is 3. The molecule has 1 heteroatoms. The van der Waals surface area contributed by atoms with E-state index >= 15 is 0 Å². The number of benzene rings is 3. The van der Waals surface area contributed by atoms with Crippen molar-refractivity contribution < 1.29 is 4.79 Å². The molecule has 0 radical (unpaired) electrons. The van der Waals surface area contributed by atoms with Crippen LogP contribution in [-0.4, -0.2) is 6.29 Å². The first kappa shape index (κ1) is 14.6. The van der Waals surface area contributed by atoms with Crippen molar-refractivity contribution >= 4 is 28.7 Å². The lowest BCUT2D eigenvalue weighted by Gasteiger charge is -2.16. The SMILES string of the molecule is Cc1ccc2ccccc2c1C1=C(C=O)C=Cc2ccccc2C1. The maximum absolute atomic E-state index is 11.8. The van der Waals surface area contributed by atoms with Crippen LogP contribution in [0.2, 0.25) is 0 Å². The summed E-state index contributed by atoms with van der Waals surface area (Å²) in [7, 11) is 0. The molecule has 0 saturated carbocycles. The number of carbonyl (C=O) groups is 1. The molecular formula is C23H18O. The van der Waals surface area contributed by atoms with Gasteiger partial charge in [-0.3, -0.25) is 4.79 Å². The molecule has 3 aromatic rings. The zero-order valence-electron chi connectivity index (χ0n) is 13.6. The Kier molecular flexibility index (Phi) is 3.62. The topological polar surface area (TPSA) is 17.1 Å². The van der Waals surface area contributed by atoms with Crippen LogP contribution < -0.4 is 0 Å². The molecule has 1 nitrogen and oxygen atoms in total. The first-order valence-corrected chi connectivity index (χ1v) is 8.21. The molecule has 0 N–H and O–H groups in total. The molecule has 0 saturated heterocycles. The summed E-state index contributed by atoms with van der Waals surface area (Å²) in [5.74, 6) is 0. The summed E-state index contributed by atoms with van der Waals surface area (Å²) in [5, 5.41) is 2.41. The quantitative estimate of drug-likeness (QED) is 0.582. The van der Waals surface area contributed by atoms with Crippen LogP contribution in [0.3, 0.4) is 0 Å². The second-order valence-electron chi connectivity index (χ2n) is 6.24. The molecule has 0 aromatic heterocycles. The van der Waals surface area contributed by atoms with Gasteiger partial charge in [0.05, 0.1) is 0 Å². The summed E-state index contributed by atoms with van der Waals surface area (Å²) in [5.41, 5.74) is 6.72. The number of carbonyl (C=O) groups excluding carboxylic acids is 1. The second kappa shape index (κ2) is 5.93. The Morgan fingerprint density at radius 3 is 2.54 bits per heavy atom. The maximum atomic E-state index is 11.8. The molecule has 3 aromatic carbocycles. The zero-order valence-corrected chi connectivity index (χ0v) is 13.6. The Morgan fingerprint density at radius 1 is 0.875 bits per heavy atom. The van der Waals surface area contributed by atoms with Gasteiger partial charge in [-0.15, -0.1) is 0 Å². The number of hydrogen-bond acceptors (Lipinski definition) is 1. The zero-order chi connectivity index (χ0) is 16.5. The maximum Gasteiger partial charge on any atom is 0.150 e. The molecule has 0 amide bonds. The van der Waals surface area contributed by atoms with E-state index in [0.29, 0.717) is 0 Å². The van der Waals surface area contributed by atoms with Crippen molar-refractivity contribution in [1.29, 1.82) is 0 Å². The van der Waals surface area contributed by atoms with E-state index < -0.39 is 0 Å². The third kappa shape index (κ3) is 2.39. The number of aldehydes is 1. The first-order valence-electron chi connectivity index (χ1n) is 8.21. The molecule has 116 valence electrons. The lowest BCUT2D eigenvalue weighted by atomic mass is 9.88. The van der Waals surface area contributed by atoms with Crippen molar-refractivity contribution in [1.82, 2.24) is 0 Å². The average Bonchev–Trinajstić information content (AvgIpc) is 2.80. The smallest absolute Gasteiger partial charge is 0.150 e. The van der Waals surface area contributed by atoms with Crippen LogP contribution in [0.15, 0.2) is 72.3 Å². The average molecular weight is 310 g/mol. The molecule has 4 rings (SSSR count). The molecular weight excluding hydrogens is 292 g/mol. The lowest BCUT2D eigenvalue weighted by molar-refractivity contribution is -0.104. The summed E-state index contributed by atoms with van der Waals surface area (Å²) in [6, 6.07) is 21.0. The van der Waals surface area contributed by atoms with Gasteiger partial charge in [-0.25, -0.2) is 0 Å². The van der Waals surface area contributed by atoms with E-state index in [4.69, 9.17) is 0 Å². The van der Waals surface area contributed by atoms with E-state index in [1.54, 1.807) is 0 Å². The molecule has 0 bridgehead atoms. The van der Waals surface area contributed by atoms with Gasteiger partial charge >= 0.3 is 0 Å². The van der Waals surface area contributed by atoms with Gasteiger partial charge in [0, 0.05) is 5.57 Å². The molecule has 0 heterocycles. The van der Waals surface area contributed by atoms with Gasteiger partial charge in [-0.05, 0) is 51.9 Å². The van der Waals surface area contributed by atoms with Crippen LogP contribution >= 0.6 is 0 Å². The van der Waals surface area contributed by atoms with Crippen LogP contribution in [0.4, 0.5) is 0 Å². The van der Waals surface area contributed by atoms with E-state index in [1.165, 1.54) is 33.0 Å². The van der Waals surface area contributed by atoms with E-state index in [1.807, 2.05) is 18.2 Å². The van der Waals surface area contributed by atoms with E-state index in [9.17, 15) is 4.79 Å². The Hall–Kier alpha value is -2.93. The minimum absolute atomic E-state index is 0.769.